The Kier molecular flexibility index (Phi) is 2.43. The molecule has 14 heavy (non-hydrogen) atoms. The van der Waals surface area contributed by atoms with Crippen molar-refractivity contribution in [3.8, 4) is 0 Å². The van der Waals surface area contributed by atoms with E-state index >= 15 is 0 Å². The number of benzene rings is 1. The summed E-state index contributed by atoms with van der Waals surface area (Å²) in [6.07, 6.45) is 0. The third-order valence-electron chi connectivity index (χ3n) is 1.99. The van der Waals surface area contributed by atoms with Gasteiger partial charge in [0.25, 0.3) is 0 Å². The van der Waals surface area contributed by atoms with E-state index in [0.717, 1.165) is 11.1 Å². The van der Waals surface area contributed by atoms with Crippen LogP contribution in [0.5, 0.6) is 0 Å². The van der Waals surface area contributed by atoms with E-state index in [1.165, 1.54) is 0 Å². The molecule has 0 aliphatic heterocycles. The quantitative estimate of drug-likeness (QED) is 0.636. The molecule has 0 saturated carbocycles. The molecule has 1 atom stereocenters. The van der Waals surface area contributed by atoms with Crippen LogP contribution in [0.4, 0.5) is 0 Å². The predicted octanol–water partition coefficient (Wildman–Crippen LogP) is 1.73. The SMILES string of the molecule is CNC(Br)c1ccc2[nH]c(=O)oc2c1. The second-order valence-electron chi connectivity index (χ2n) is 2.92. The molecule has 0 spiro atoms. The summed E-state index contributed by atoms with van der Waals surface area (Å²) in [6, 6.07) is 5.56. The maximum absolute atomic E-state index is 10.9. The van der Waals surface area contributed by atoms with Crippen LogP contribution in [0.3, 0.4) is 0 Å². The molecule has 4 nitrogen and oxygen atoms in total. The molecule has 0 radical (unpaired) electrons. The number of alkyl halides is 1. The number of aromatic amines is 1. The average Bonchev–Trinajstić information content (AvgIpc) is 2.55. The van der Waals surface area contributed by atoms with Gasteiger partial charge in [-0.15, -0.1) is 0 Å². The largest absolute Gasteiger partial charge is 0.417 e. The summed E-state index contributed by atoms with van der Waals surface area (Å²) in [4.78, 5) is 13.5. The molecule has 1 heterocycles. The summed E-state index contributed by atoms with van der Waals surface area (Å²) < 4.78 is 4.94. The molecule has 0 aliphatic rings. The number of fused-ring (bicyclic) bond motifs is 1. The highest BCUT2D eigenvalue weighted by molar-refractivity contribution is 9.09. The van der Waals surface area contributed by atoms with Crippen LogP contribution in [0.25, 0.3) is 11.1 Å². The Labute approximate surface area is 88.4 Å². The summed E-state index contributed by atoms with van der Waals surface area (Å²) in [5.74, 6) is -0.423. The maximum Gasteiger partial charge on any atom is 0.417 e. The number of oxazole rings is 1. The Bertz CT molecular complexity index is 503. The van der Waals surface area contributed by atoms with Gasteiger partial charge in [0.1, 0.15) is 0 Å². The zero-order valence-electron chi connectivity index (χ0n) is 7.50. The molecule has 5 heteroatoms. The van der Waals surface area contributed by atoms with Crippen molar-refractivity contribution in [1.82, 2.24) is 10.3 Å². The summed E-state index contributed by atoms with van der Waals surface area (Å²) in [6.45, 7) is 0. The normalized spacial score (nSPS) is 13.3. The van der Waals surface area contributed by atoms with E-state index in [-0.39, 0.29) is 4.95 Å². The Morgan fingerprint density at radius 2 is 2.36 bits per heavy atom. The molecule has 0 saturated heterocycles. The summed E-state index contributed by atoms with van der Waals surface area (Å²) >= 11 is 3.44. The summed E-state index contributed by atoms with van der Waals surface area (Å²) in [5, 5.41) is 3.04. The van der Waals surface area contributed by atoms with Gasteiger partial charge in [-0.25, -0.2) is 4.79 Å². The van der Waals surface area contributed by atoms with E-state index < -0.39 is 5.76 Å². The molecule has 0 fully saturated rings. The van der Waals surface area contributed by atoms with Crippen molar-refractivity contribution in [1.29, 1.82) is 0 Å². The first-order valence-electron chi connectivity index (χ1n) is 4.15. The number of hydrogen-bond acceptors (Lipinski definition) is 3. The van der Waals surface area contributed by atoms with E-state index in [9.17, 15) is 4.79 Å². The van der Waals surface area contributed by atoms with Crippen LogP contribution in [0.2, 0.25) is 0 Å². The van der Waals surface area contributed by atoms with Crippen molar-refractivity contribution in [3.05, 3.63) is 34.3 Å². The van der Waals surface area contributed by atoms with Crippen LogP contribution in [0.15, 0.2) is 27.4 Å². The monoisotopic (exact) mass is 256 g/mol. The van der Waals surface area contributed by atoms with Gasteiger partial charge in [-0.2, -0.15) is 0 Å². The van der Waals surface area contributed by atoms with Gasteiger partial charge < -0.3 is 9.73 Å². The fourth-order valence-corrected chi connectivity index (χ4v) is 1.57. The molecule has 2 rings (SSSR count). The van der Waals surface area contributed by atoms with E-state index in [1.54, 1.807) is 0 Å². The van der Waals surface area contributed by atoms with Gasteiger partial charge in [0.05, 0.1) is 10.5 Å². The van der Waals surface area contributed by atoms with Crippen molar-refractivity contribution in [2.45, 2.75) is 4.95 Å². The molecular weight excluding hydrogens is 248 g/mol. The lowest BCUT2D eigenvalue weighted by atomic mass is 10.2. The average molecular weight is 257 g/mol. The Morgan fingerprint density at radius 1 is 1.57 bits per heavy atom. The van der Waals surface area contributed by atoms with Crippen LogP contribution >= 0.6 is 15.9 Å². The fourth-order valence-electron chi connectivity index (χ4n) is 1.29. The van der Waals surface area contributed by atoms with Gasteiger partial charge in [0.15, 0.2) is 5.58 Å². The minimum Gasteiger partial charge on any atom is -0.408 e. The van der Waals surface area contributed by atoms with Crippen LogP contribution in [-0.2, 0) is 0 Å². The first kappa shape index (κ1) is 9.48. The molecule has 0 bridgehead atoms. The minimum atomic E-state index is -0.423. The Hall–Kier alpha value is -1.07. The predicted molar refractivity (Wildman–Crippen MR) is 57.6 cm³/mol. The molecule has 1 unspecified atom stereocenters. The number of nitrogens with one attached hydrogen (secondary N) is 2. The topological polar surface area (TPSA) is 58.0 Å². The van der Waals surface area contributed by atoms with E-state index in [4.69, 9.17) is 4.42 Å². The van der Waals surface area contributed by atoms with Gasteiger partial charge in [0.2, 0.25) is 0 Å². The van der Waals surface area contributed by atoms with Gasteiger partial charge in [-0.3, -0.25) is 4.98 Å². The third kappa shape index (κ3) is 1.60. The van der Waals surface area contributed by atoms with Crippen molar-refractivity contribution in [3.63, 3.8) is 0 Å². The van der Waals surface area contributed by atoms with Gasteiger partial charge in [0, 0.05) is 0 Å². The van der Waals surface area contributed by atoms with Crippen molar-refractivity contribution in [2.24, 2.45) is 0 Å². The molecule has 1 aromatic heterocycles. The number of aromatic nitrogens is 1. The first-order valence-corrected chi connectivity index (χ1v) is 5.06. The van der Waals surface area contributed by atoms with E-state index in [1.807, 2.05) is 25.2 Å². The highest BCUT2D eigenvalue weighted by Gasteiger charge is 2.07. The smallest absolute Gasteiger partial charge is 0.408 e. The van der Waals surface area contributed by atoms with Gasteiger partial charge in [-0.05, 0) is 24.7 Å². The highest BCUT2D eigenvalue weighted by Crippen LogP contribution is 2.22. The fraction of sp³-hybridized carbons (Fsp3) is 0.222. The summed E-state index contributed by atoms with van der Waals surface area (Å²) in [7, 11) is 1.84. The maximum atomic E-state index is 10.9. The molecule has 2 aromatic rings. The number of rotatable bonds is 2. The second kappa shape index (κ2) is 3.59. The molecule has 1 aromatic carbocycles. The van der Waals surface area contributed by atoms with E-state index in [0.29, 0.717) is 5.58 Å². The first-order chi connectivity index (χ1) is 6.70. The minimum absolute atomic E-state index is 0.0621. The molecular formula is C9H9BrN2O2. The highest BCUT2D eigenvalue weighted by atomic mass is 79.9. The summed E-state index contributed by atoms with van der Waals surface area (Å²) in [5.41, 5.74) is 2.31. The zero-order valence-corrected chi connectivity index (χ0v) is 9.09. The van der Waals surface area contributed by atoms with Crippen LogP contribution in [0, 0.1) is 0 Å². The van der Waals surface area contributed by atoms with Crippen molar-refractivity contribution >= 4 is 27.0 Å². The lowest BCUT2D eigenvalue weighted by Gasteiger charge is -2.07. The van der Waals surface area contributed by atoms with Crippen LogP contribution in [-0.4, -0.2) is 12.0 Å². The standard InChI is InChI=1S/C9H9BrN2O2/c1-11-8(10)5-2-3-6-7(4-5)14-9(13)12-6/h2-4,8,11H,1H3,(H,12,13). The van der Waals surface area contributed by atoms with Crippen molar-refractivity contribution in [2.75, 3.05) is 7.05 Å². The number of H-pyrrole nitrogens is 1. The van der Waals surface area contributed by atoms with Crippen LogP contribution < -0.4 is 11.1 Å². The molecule has 0 amide bonds. The van der Waals surface area contributed by atoms with E-state index in [2.05, 4.69) is 26.2 Å². The van der Waals surface area contributed by atoms with Gasteiger partial charge >= 0.3 is 5.76 Å². The molecule has 74 valence electrons. The number of halogens is 1. The third-order valence-corrected chi connectivity index (χ3v) is 2.98. The molecule has 0 aliphatic carbocycles. The Morgan fingerprint density at radius 3 is 3.07 bits per heavy atom. The lowest BCUT2D eigenvalue weighted by Crippen LogP contribution is -2.08. The Balaban J connectivity index is 2.55. The van der Waals surface area contributed by atoms with Crippen molar-refractivity contribution < 1.29 is 4.42 Å². The second-order valence-corrected chi connectivity index (χ2v) is 3.84. The zero-order chi connectivity index (χ0) is 10.1. The molecule has 2 N–H and O–H groups in total. The van der Waals surface area contributed by atoms with Crippen LogP contribution in [0.1, 0.15) is 10.5 Å². The number of hydrogen-bond donors (Lipinski definition) is 2. The van der Waals surface area contributed by atoms with Gasteiger partial charge in [-0.1, -0.05) is 22.0 Å². The lowest BCUT2D eigenvalue weighted by molar-refractivity contribution is 0.555.